The van der Waals surface area contributed by atoms with Gasteiger partial charge >= 0.3 is 0 Å². The molecule has 0 aliphatic rings. The number of rotatable bonds is 1. The summed E-state index contributed by atoms with van der Waals surface area (Å²) in [5, 5.41) is 0.0565. The second-order valence-electron chi connectivity index (χ2n) is 3.18. The largest absolute Gasteiger partial charge is 0.395 e. The van der Waals surface area contributed by atoms with Gasteiger partial charge in [-0.25, -0.2) is 4.98 Å². The van der Waals surface area contributed by atoms with Crippen LogP contribution in [0.2, 0.25) is 0 Å². The Labute approximate surface area is 98.8 Å². The average Bonchev–Trinajstić information content (AvgIpc) is 2.23. The SMILES string of the molecule is CC(=O)SCC#Cc1cnc(N)c(N)c1C. The standard InChI is InChI=1S/C11H13N3OS/c1-7-9(4-3-5-16-8(2)15)6-14-11(13)10(7)12/h6H,5,12H2,1-2H3,(H2,13,14). The summed E-state index contributed by atoms with van der Waals surface area (Å²) in [6.45, 7) is 3.36. The van der Waals surface area contributed by atoms with Crippen molar-refractivity contribution in [1.82, 2.24) is 4.98 Å². The Bertz CT molecular complexity index is 474. The molecule has 4 N–H and O–H groups in total. The van der Waals surface area contributed by atoms with Crippen molar-refractivity contribution in [3.8, 4) is 11.8 Å². The molecular weight excluding hydrogens is 222 g/mol. The summed E-state index contributed by atoms with van der Waals surface area (Å²) in [6.07, 6.45) is 1.59. The van der Waals surface area contributed by atoms with Crippen LogP contribution in [-0.2, 0) is 4.79 Å². The van der Waals surface area contributed by atoms with Crippen LogP contribution >= 0.6 is 11.8 Å². The van der Waals surface area contributed by atoms with Crippen LogP contribution in [0, 0.1) is 18.8 Å². The van der Waals surface area contributed by atoms with E-state index in [-0.39, 0.29) is 5.12 Å². The number of pyridine rings is 1. The lowest BCUT2D eigenvalue weighted by atomic mass is 10.1. The van der Waals surface area contributed by atoms with Crippen LogP contribution in [0.4, 0.5) is 11.5 Å². The molecule has 4 nitrogen and oxygen atoms in total. The Morgan fingerprint density at radius 3 is 2.88 bits per heavy atom. The molecule has 0 fully saturated rings. The van der Waals surface area contributed by atoms with Crippen LogP contribution < -0.4 is 11.5 Å². The number of hydrogen-bond acceptors (Lipinski definition) is 5. The summed E-state index contributed by atoms with van der Waals surface area (Å²) in [6, 6.07) is 0. The molecule has 0 aliphatic carbocycles. The number of nitrogen functional groups attached to an aromatic ring is 2. The van der Waals surface area contributed by atoms with E-state index in [0.29, 0.717) is 17.3 Å². The number of carbonyl (C=O) groups excluding carboxylic acids is 1. The summed E-state index contributed by atoms with van der Waals surface area (Å²) in [5.74, 6) is 6.58. The number of nitrogens with zero attached hydrogens (tertiary/aromatic N) is 1. The Balaban J connectivity index is 2.82. The average molecular weight is 235 g/mol. The van der Waals surface area contributed by atoms with Crippen LogP contribution in [-0.4, -0.2) is 15.9 Å². The van der Waals surface area contributed by atoms with Gasteiger partial charge in [0.2, 0.25) is 0 Å². The van der Waals surface area contributed by atoms with Crippen LogP contribution in [0.15, 0.2) is 6.20 Å². The van der Waals surface area contributed by atoms with Crippen molar-refractivity contribution in [2.45, 2.75) is 13.8 Å². The van der Waals surface area contributed by atoms with Gasteiger partial charge in [-0.15, -0.1) is 0 Å². The van der Waals surface area contributed by atoms with Gasteiger partial charge in [0.25, 0.3) is 0 Å². The maximum atomic E-state index is 10.7. The normalized spacial score (nSPS) is 9.38. The van der Waals surface area contributed by atoms with E-state index in [2.05, 4.69) is 16.8 Å². The zero-order valence-corrected chi connectivity index (χ0v) is 10.0. The van der Waals surface area contributed by atoms with E-state index >= 15 is 0 Å². The monoisotopic (exact) mass is 235 g/mol. The second-order valence-corrected chi connectivity index (χ2v) is 4.33. The number of aromatic nitrogens is 1. The van der Waals surface area contributed by atoms with Crippen molar-refractivity contribution in [3.63, 3.8) is 0 Å². The second kappa shape index (κ2) is 5.42. The molecule has 1 heterocycles. The fourth-order valence-corrected chi connectivity index (χ4v) is 1.38. The number of thioether (sulfide) groups is 1. The van der Waals surface area contributed by atoms with Crippen molar-refractivity contribution in [2.24, 2.45) is 0 Å². The van der Waals surface area contributed by atoms with E-state index in [1.165, 1.54) is 18.7 Å². The highest BCUT2D eigenvalue weighted by molar-refractivity contribution is 8.13. The van der Waals surface area contributed by atoms with Gasteiger partial charge in [0, 0.05) is 18.7 Å². The molecule has 0 unspecified atom stereocenters. The minimum absolute atomic E-state index is 0.0565. The van der Waals surface area contributed by atoms with Crippen molar-refractivity contribution in [3.05, 3.63) is 17.3 Å². The van der Waals surface area contributed by atoms with E-state index in [1.807, 2.05) is 6.92 Å². The van der Waals surface area contributed by atoms with Crippen molar-refractivity contribution in [2.75, 3.05) is 17.2 Å². The highest BCUT2D eigenvalue weighted by Gasteiger charge is 2.03. The number of anilines is 2. The molecule has 0 amide bonds. The van der Waals surface area contributed by atoms with Gasteiger partial charge in [0.05, 0.1) is 11.4 Å². The van der Waals surface area contributed by atoms with E-state index < -0.39 is 0 Å². The first-order chi connectivity index (χ1) is 7.52. The lowest BCUT2D eigenvalue weighted by Crippen LogP contribution is -2.01. The molecule has 0 aromatic carbocycles. The summed E-state index contributed by atoms with van der Waals surface area (Å²) < 4.78 is 0. The van der Waals surface area contributed by atoms with Crippen molar-refractivity contribution < 1.29 is 4.79 Å². The topological polar surface area (TPSA) is 82.0 Å². The number of hydrogen-bond donors (Lipinski definition) is 2. The lowest BCUT2D eigenvalue weighted by Gasteiger charge is -2.04. The molecular formula is C11H13N3OS. The molecule has 0 saturated carbocycles. The molecule has 1 rings (SSSR count). The number of nitrogens with two attached hydrogens (primary N) is 2. The predicted molar refractivity (Wildman–Crippen MR) is 67.8 cm³/mol. The lowest BCUT2D eigenvalue weighted by molar-refractivity contribution is -0.109. The molecule has 0 bridgehead atoms. The molecule has 5 heteroatoms. The molecule has 0 radical (unpaired) electrons. The molecule has 1 aromatic heterocycles. The number of carbonyl (C=O) groups is 1. The van der Waals surface area contributed by atoms with Gasteiger partial charge in [-0.05, 0) is 12.5 Å². The van der Waals surface area contributed by atoms with Gasteiger partial charge in [-0.3, -0.25) is 4.79 Å². The highest BCUT2D eigenvalue weighted by Crippen LogP contribution is 2.19. The third-order valence-corrected chi connectivity index (χ3v) is 2.68. The summed E-state index contributed by atoms with van der Waals surface area (Å²) in [4.78, 5) is 14.6. The Morgan fingerprint density at radius 2 is 2.25 bits per heavy atom. The molecule has 16 heavy (non-hydrogen) atoms. The minimum atomic E-state index is 0.0565. The summed E-state index contributed by atoms with van der Waals surface area (Å²) in [5.41, 5.74) is 13.3. The first-order valence-electron chi connectivity index (χ1n) is 4.65. The molecule has 84 valence electrons. The Kier molecular flexibility index (Phi) is 4.20. The first kappa shape index (κ1) is 12.4. The molecule has 0 aliphatic heterocycles. The van der Waals surface area contributed by atoms with Crippen molar-refractivity contribution in [1.29, 1.82) is 0 Å². The highest BCUT2D eigenvalue weighted by atomic mass is 32.2. The van der Waals surface area contributed by atoms with Crippen LogP contribution in [0.5, 0.6) is 0 Å². The Morgan fingerprint density at radius 1 is 1.56 bits per heavy atom. The van der Waals surface area contributed by atoms with E-state index in [1.54, 1.807) is 6.20 Å². The van der Waals surface area contributed by atoms with Crippen LogP contribution in [0.3, 0.4) is 0 Å². The van der Waals surface area contributed by atoms with E-state index in [4.69, 9.17) is 11.5 Å². The first-order valence-corrected chi connectivity index (χ1v) is 5.63. The minimum Gasteiger partial charge on any atom is -0.395 e. The zero-order chi connectivity index (χ0) is 12.1. The molecule has 0 atom stereocenters. The van der Waals surface area contributed by atoms with E-state index in [0.717, 1.165) is 11.1 Å². The third-order valence-electron chi connectivity index (χ3n) is 1.99. The Hall–Kier alpha value is -1.67. The van der Waals surface area contributed by atoms with Gasteiger partial charge in [0.15, 0.2) is 5.12 Å². The fourth-order valence-electron chi connectivity index (χ4n) is 1.03. The van der Waals surface area contributed by atoms with Gasteiger partial charge in [0.1, 0.15) is 5.82 Å². The predicted octanol–water partition coefficient (Wildman–Crippen LogP) is 1.19. The van der Waals surface area contributed by atoms with E-state index in [9.17, 15) is 4.79 Å². The molecule has 1 aromatic rings. The molecule has 0 saturated heterocycles. The maximum absolute atomic E-state index is 10.7. The summed E-state index contributed by atoms with van der Waals surface area (Å²) in [7, 11) is 0. The quantitative estimate of drug-likeness (QED) is 0.714. The molecule has 0 spiro atoms. The van der Waals surface area contributed by atoms with Gasteiger partial charge in [-0.2, -0.15) is 0 Å². The smallest absolute Gasteiger partial charge is 0.186 e. The van der Waals surface area contributed by atoms with Crippen molar-refractivity contribution >= 4 is 28.4 Å². The maximum Gasteiger partial charge on any atom is 0.186 e. The van der Waals surface area contributed by atoms with Gasteiger partial charge in [-0.1, -0.05) is 23.6 Å². The van der Waals surface area contributed by atoms with Gasteiger partial charge < -0.3 is 11.5 Å². The fraction of sp³-hybridized carbons (Fsp3) is 0.273. The summed E-state index contributed by atoms with van der Waals surface area (Å²) >= 11 is 1.17. The van der Waals surface area contributed by atoms with Crippen LogP contribution in [0.1, 0.15) is 18.1 Å². The zero-order valence-electron chi connectivity index (χ0n) is 9.20. The third kappa shape index (κ3) is 3.17. The van der Waals surface area contributed by atoms with Crippen LogP contribution in [0.25, 0.3) is 0 Å².